The number of carbonyl (C=O) groups excluding carboxylic acids is 2. The number of phenols is 1. The zero-order chi connectivity index (χ0) is 15.4. The Morgan fingerprint density at radius 1 is 1.00 bits per heavy atom. The summed E-state index contributed by atoms with van der Waals surface area (Å²) in [5, 5.41) is 9.17. The third-order valence-electron chi connectivity index (χ3n) is 2.88. The van der Waals surface area contributed by atoms with Crippen LogP contribution in [0, 0.1) is 0 Å². The van der Waals surface area contributed by atoms with Crippen LogP contribution >= 0.6 is 15.9 Å². The highest BCUT2D eigenvalue weighted by atomic mass is 79.9. The van der Waals surface area contributed by atoms with Gasteiger partial charge in [0.15, 0.2) is 6.10 Å². The lowest BCUT2D eigenvalue weighted by atomic mass is 10.1. The molecule has 0 saturated heterocycles. The number of halogens is 1. The van der Waals surface area contributed by atoms with Crippen LogP contribution in [0.4, 0.5) is 0 Å². The molecular formula is C16H13BrO4. The molecule has 0 amide bonds. The highest BCUT2D eigenvalue weighted by Gasteiger charge is 2.20. The normalized spacial score (nSPS) is 11.7. The van der Waals surface area contributed by atoms with E-state index in [9.17, 15) is 9.59 Å². The topological polar surface area (TPSA) is 63.6 Å². The van der Waals surface area contributed by atoms with Crippen LogP contribution in [-0.4, -0.2) is 23.0 Å². The molecule has 2 aromatic carbocycles. The van der Waals surface area contributed by atoms with E-state index in [1.807, 2.05) is 0 Å². The van der Waals surface area contributed by atoms with E-state index in [2.05, 4.69) is 15.9 Å². The van der Waals surface area contributed by atoms with Crippen molar-refractivity contribution < 1.29 is 19.4 Å². The molecular weight excluding hydrogens is 336 g/mol. The van der Waals surface area contributed by atoms with Crippen LogP contribution in [-0.2, 0) is 4.74 Å². The Balaban J connectivity index is 2.05. The third kappa shape index (κ3) is 3.92. The van der Waals surface area contributed by atoms with E-state index < -0.39 is 12.1 Å². The van der Waals surface area contributed by atoms with Crippen LogP contribution in [0.5, 0.6) is 5.75 Å². The van der Waals surface area contributed by atoms with E-state index in [-0.39, 0.29) is 17.1 Å². The fourth-order valence-corrected chi connectivity index (χ4v) is 1.99. The first-order valence-corrected chi connectivity index (χ1v) is 7.06. The molecule has 0 fully saturated rings. The van der Waals surface area contributed by atoms with E-state index >= 15 is 0 Å². The predicted octanol–water partition coefficient (Wildman–Crippen LogP) is 3.58. The number of benzene rings is 2. The van der Waals surface area contributed by atoms with Crippen LogP contribution in [0.1, 0.15) is 27.6 Å². The van der Waals surface area contributed by atoms with E-state index in [1.165, 1.54) is 31.2 Å². The molecule has 1 N–H and O–H groups in total. The molecule has 1 atom stereocenters. The standard InChI is InChI=1S/C16H13BrO4/c1-10(15(19)11-2-6-13(17)7-3-11)21-16(20)12-4-8-14(18)9-5-12/h2-10,18H,1H3. The summed E-state index contributed by atoms with van der Waals surface area (Å²) in [6, 6.07) is 12.5. The van der Waals surface area contributed by atoms with Crippen molar-refractivity contribution in [2.75, 3.05) is 0 Å². The van der Waals surface area contributed by atoms with Gasteiger partial charge in [0.2, 0.25) is 5.78 Å². The number of Topliss-reactive ketones (excluding diaryl/α,β-unsaturated/α-hetero) is 1. The van der Waals surface area contributed by atoms with Gasteiger partial charge in [-0.25, -0.2) is 4.79 Å². The zero-order valence-electron chi connectivity index (χ0n) is 11.2. The second-order valence-electron chi connectivity index (χ2n) is 4.47. The monoisotopic (exact) mass is 348 g/mol. The van der Waals surface area contributed by atoms with Crippen LogP contribution < -0.4 is 0 Å². The fourth-order valence-electron chi connectivity index (χ4n) is 1.73. The fraction of sp³-hybridized carbons (Fsp3) is 0.125. The molecule has 2 rings (SSSR count). The Bertz CT molecular complexity index is 647. The molecule has 0 aliphatic carbocycles. The molecule has 0 saturated carbocycles. The molecule has 0 bridgehead atoms. The number of hydrogen-bond acceptors (Lipinski definition) is 4. The second-order valence-corrected chi connectivity index (χ2v) is 5.38. The van der Waals surface area contributed by atoms with Crippen LogP contribution in [0.3, 0.4) is 0 Å². The summed E-state index contributed by atoms with van der Waals surface area (Å²) in [7, 11) is 0. The molecule has 0 spiro atoms. The van der Waals surface area contributed by atoms with Gasteiger partial charge in [0.1, 0.15) is 5.75 Å². The lowest BCUT2D eigenvalue weighted by Crippen LogP contribution is -2.24. The first-order chi connectivity index (χ1) is 9.97. The van der Waals surface area contributed by atoms with Gasteiger partial charge in [0, 0.05) is 10.0 Å². The number of rotatable bonds is 4. The molecule has 0 heterocycles. The molecule has 108 valence electrons. The minimum atomic E-state index is -0.882. The first-order valence-electron chi connectivity index (χ1n) is 6.27. The minimum absolute atomic E-state index is 0.0607. The third-order valence-corrected chi connectivity index (χ3v) is 3.41. The van der Waals surface area contributed by atoms with Gasteiger partial charge in [-0.2, -0.15) is 0 Å². The molecule has 1 unspecified atom stereocenters. The van der Waals surface area contributed by atoms with Crippen molar-refractivity contribution in [1.29, 1.82) is 0 Å². The van der Waals surface area contributed by atoms with E-state index in [1.54, 1.807) is 24.3 Å². The van der Waals surface area contributed by atoms with Gasteiger partial charge in [-0.05, 0) is 43.3 Å². The number of carbonyl (C=O) groups is 2. The largest absolute Gasteiger partial charge is 0.508 e. The minimum Gasteiger partial charge on any atom is -0.508 e. The van der Waals surface area contributed by atoms with Crippen molar-refractivity contribution in [2.24, 2.45) is 0 Å². The molecule has 5 heteroatoms. The lowest BCUT2D eigenvalue weighted by molar-refractivity contribution is 0.0319. The van der Waals surface area contributed by atoms with Gasteiger partial charge < -0.3 is 9.84 Å². The van der Waals surface area contributed by atoms with Crippen molar-refractivity contribution in [3.8, 4) is 5.75 Å². The highest BCUT2D eigenvalue weighted by Crippen LogP contribution is 2.15. The lowest BCUT2D eigenvalue weighted by Gasteiger charge is -2.12. The Morgan fingerprint density at radius 2 is 1.52 bits per heavy atom. The molecule has 21 heavy (non-hydrogen) atoms. The second kappa shape index (κ2) is 6.54. The molecule has 0 aromatic heterocycles. The Kier molecular flexibility index (Phi) is 4.75. The summed E-state index contributed by atoms with van der Waals surface area (Å²) in [5.41, 5.74) is 0.757. The summed E-state index contributed by atoms with van der Waals surface area (Å²) in [6.45, 7) is 1.53. The molecule has 4 nitrogen and oxygen atoms in total. The number of hydrogen-bond donors (Lipinski definition) is 1. The van der Waals surface area contributed by atoms with Gasteiger partial charge in [-0.1, -0.05) is 28.1 Å². The van der Waals surface area contributed by atoms with Crippen LogP contribution in [0.2, 0.25) is 0 Å². The van der Waals surface area contributed by atoms with Crippen molar-refractivity contribution in [1.82, 2.24) is 0 Å². The zero-order valence-corrected chi connectivity index (χ0v) is 12.8. The predicted molar refractivity (Wildman–Crippen MR) is 81.5 cm³/mol. The van der Waals surface area contributed by atoms with Gasteiger partial charge in [0.25, 0.3) is 0 Å². The molecule has 2 aromatic rings. The SMILES string of the molecule is CC(OC(=O)c1ccc(O)cc1)C(=O)c1ccc(Br)cc1. The number of esters is 1. The summed E-state index contributed by atoms with van der Waals surface area (Å²) in [4.78, 5) is 24.0. The molecule has 0 radical (unpaired) electrons. The van der Waals surface area contributed by atoms with Crippen LogP contribution in [0.25, 0.3) is 0 Å². The van der Waals surface area contributed by atoms with Gasteiger partial charge in [-0.3, -0.25) is 4.79 Å². The Morgan fingerprint density at radius 3 is 2.10 bits per heavy atom. The maximum absolute atomic E-state index is 12.1. The molecule has 0 aliphatic rings. The van der Waals surface area contributed by atoms with Crippen molar-refractivity contribution in [3.05, 3.63) is 64.1 Å². The number of aromatic hydroxyl groups is 1. The van der Waals surface area contributed by atoms with E-state index in [0.717, 1.165) is 4.47 Å². The smallest absolute Gasteiger partial charge is 0.338 e. The Labute approximate surface area is 130 Å². The maximum atomic E-state index is 12.1. The summed E-state index contributed by atoms with van der Waals surface area (Å²) in [6.07, 6.45) is -0.882. The summed E-state index contributed by atoms with van der Waals surface area (Å²) < 4.78 is 6.01. The van der Waals surface area contributed by atoms with Crippen molar-refractivity contribution in [3.63, 3.8) is 0 Å². The van der Waals surface area contributed by atoms with Crippen LogP contribution in [0.15, 0.2) is 53.0 Å². The van der Waals surface area contributed by atoms with Gasteiger partial charge in [0.05, 0.1) is 5.56 Å². The summed E-state index contributed by atoms with van der Waals surface area (Å²) in [5.74, 6) is -0.812. The number of ketones is 1. The quantitative estimate of drug-likeness (QED) is 0.677. The van der Waals surface area contributed by atoms with Gasteiger partial charge in [-0.15, -0.1) is 0 Å². The average Bonchev–Trinajstić information content (AvgIpc) is 2.47. The number of phenolic OH excluding ortho intramolecular Hbond substituents is 1. The number of ether oxygens (including phenoxy) is 1. The van der Waals surface area contributed by atoms with Crippen molar-refractivity contribution in [2.45, 2.75) is 13.0 Å². The van der Waals surface area contributed by atoms with Crippen molar-refractivity contribution >= 4 is 27.7 Å². The Hall–Kier alpha value is -2.14. The first kappa shape index (κ1) is 15.3. The summed E-state index contributed by atoms with van der Waals surface area (Å²) >= 11 is 3.29. The average molecular weight is 349 g/mol. The van der Waals surface area contributed by atoms with E-state index in [4.69, 9.17) is 9.84 Å². The molecule has 0 aliphatic heterocycles. The van der Waals surface area contributed by atoms with E-state index in [0.29, 0.717) is 5.56 Å². The highest BCUT2D eigenvalue weighted by molar-refractivity contribution is 9.10. The maximum Gasteiger partial charge on any atom is 0.338 e. The van der Waals surface area contributed by atoms with Gasteiger partial charge >= 0.3 is 5.97 Å².